The van der Waals surface area contributed by atoms with Gasteiger partial charge in [0.2, 0.25) is 0 Å². The van der Waals surface area contributed by atoms with Crippen LogP contribution >= 0.6 is 0 Å². The van der Waals surface area contributed by atoms with Crippen molar-refractivity contribution in [1.29, 1.82) is 0 Å². The van der Waals surface area contributed by atoms with Crippen LogP contribution in [0.25, 0.3) is 0 Å². The highest BCUT2D eigenvalue weighted by molar-refractivity contribution is 5.94. The molecule has 0 spiro atoms. The molecule has 0 radical (unpaired) electrons. The Kier molecular flexibility index (Phi) is 3.90. The standard InChI is InChI=1S/C13H11N3O4/c17-12-7-10(1-2-11(12)16(19)20)13(18)15-8-9-3-5-14-6-4-9/h1-7,17H,8H2,(H,15,18). The fourth-order valence-electron chi connectivity index (χ4n) is 1.60. The van der Waals surface area contributed by atoms with Gasteiger partial charge in [-0.1, -0.05) is 0 Å². The molecule has 0 unspecified atom stereocenters. The van der Waals surface area contributed by atoms with Gasteiger partial charge in [-0.15, -0.1) is 0 Å². The normalized spacial score (nSPS) is 10.0. The number of amides is 1. The van der Waals surface area contributed by atoms with Gasteiger partial charge in [-0.3, -0.25) is 19.9 Å². The number of phenolic OH excluding ortho intramolecular Hbond substituents is 1. The van der Waals surface area contributed by atoms with Crippen molar-refractivity contribution < 1.29 is 14.8 Å². The summed E-state index contributed by atoms with van der Waals surface area (Å²) < 4.78 is 0. The highest BCUT2D eigenvalue weighted by Crippen LogP contribution is 2.26. The van der Waals surface area contributed by atoms with Crippen LogP contribution in [0.15, 0.2) is 42.7 Å². The zero-order valence-corrected chi connectivity index (χ0v) is 10.3. The third-order valence-electron chi connectivity index (χ3n) is 2.64. The number of phenols is 1. The lowest BCUT2D eigenvalue weighted by Crippen LogP contribution is -2.22. The van der Waals surface area contributed by atoms with E-state index in [1.165, 1.54) is 6.07 Å². The summed E-state index contributed by atoms with van der Waals surface area (Å²) in [5.41, 5.74) is 0.595. The fourth-order valence-corrected chi connectivity index (χ4v) is 1.60. The van der Waals surface area contributed by atoms with Crippen LogP contribution < -0.4 is 5.32 Å². The first-order valence-electron chi connectivity index (χ1n) is 5.72. The molecule has 0 aliphatic carbocycles. The van der Waals surface area contributed by atoms with Crippen LogP contribution in [0.2, 0.25) is 0 Å². The second kappa shape index (κ2) is 5.79. The zero-order valence-electron chi connectivity index (χ0n) is 10.3. The maximum atomic E-state index is 11.8. The molecule has 0 saturated carbocycles. The molecule has 1 aromatic heterocycles. The lowest BCUT2D eigenvalue weighted by molar-refractivity contribution is -0.385. The smallest absolute Gasteiger partial charge is 0.310 e. The number of carbonyl (C=O) groups excluding carboxylic acids is 1. The Hall–Kier alpha value is -2.96. The Balaban J connectivity index is 2.06. The van der Waals surface area contributed by atoms with Gasteiger partial charge in [0.05, 0.1) is 4.92 Å². The topological polar surface area (TPSA) is 105 Å². The molecule has 2 N–H and O–H groups in total. The number of nitro groups is 1. The van der Waals surface area contributed by atoms with Crippen molar-refractivity contribution in [1.82, 2.24) is 10.3 Å². The summed E-state index contributed by atoms with van der Waals surface area (Å²) in [6.07, 6.45) is 3.22. The first-order valence-corrected chi connectivity index (χ1v) is 5.72. The molecule has 20 heavy (non-hydrogen) atoms. The molecule has 0 aliphatic rings. The molecule has 0 aliphatic heterocycles. The van der Waals surface area contributed by atoms with Crippen LogP contribution in [0.1, 0.15) is 15.9 Å². The molecule has 2 rings (SSSR count). The van der Waals surface area contributed by atoms with Gasteiger partial charge in [0.15, 0.2) is 5.75 Å². The van der Waals surface area contributed by atoms with Crippen molar-refractivity contribution in [3.8, 4) is 5.75 Å². The predicted octanol–water partition coefficient (Wildman–Crippen LogP) is 1.63. The van der Waals surface area contributed by atoms with E-state index in [4.69, 9.17) is 0 Å². The number of nitrogens with zero attached hydrogens (tertiary/aromatic N) is 2. The van der Waals surface area contributed by atoms with Crippen molar-refractivity contribution >= 4 is 11.6 Å². The molecule has 1 aromatic carbocycles. The third-order valence-corrected chi connectivity index (χ3v) is 2.64. The van der Waals surface area contributed by atoms with E-state index in [-0.39, 0.29) is 5.56 Å². The van der Waals surface area contributed by atoms with E-state index in [1.54, 1.807) is 24.5 Å². The number of nitro benzene ring substituents is 1. The molecule has 0 bridgehead atoms. The highest BCUT2D eigenvalue weighted by Gasteiger charge is 2.15. The second-order valence-electron chi connectivity index (χ2n) is 4.00. The number of benzene rings is 1. The van der Waals surface area contributed by atoms with Gasteiger partial charge in [-0.2, -0.15) is 0 Å². The number of hydrogen-bond acceptors (Lipinski definition) is 5. The lowest BCUT2D eigenvalue weighted by Gasteiger charge is -2.05. The van der Waals surface area contributed by atoms with Crippen molar-refractivity contribution in [2.75, 3.05) is 0 Å². The van der Waals surface area contributed by atoms with Crippen LogP contribution in [0.5, 0.6) is 5.75 Å². The molecule has 1 heterocycles. The van der Waals surface area contributed by atoms with Gasteiger partial charge in [0, 0.05) is 30.6 Å². The highest BCUT2D eigenvalue weighted by atomic mass is 16.6. The number of aromatic nitrogens is 1. The van der Waals surface area contributed by atoms with Gasteiger partial charge in [0.25, 0.3) is 5.91 Å². The summed E-state index contributed by atoms with van der Waals surface area (Å²) in [6, 6.07) is 6.97. The van der Waals surface area contributed by atoms with Crippen molar-refractivity contribution in [2.45, 2.75) is 6.54 Å². The molecule has 0 fully saturated rings. The number of carbonyl (C=O) groups is 1. The number of aromatic hydroxyl groups is 1. The quantitative estimate of drug-likeness (QED) is 0.650. The molecule has 7 heteroatoms. The Morgan fingerprint density at radius 3 is 2.60 bits per heavy atom. The largest absolute Gasteiger partial charge is 0.502 e. The number of rotatable bonds is 4. The van der Waals surface area contributed by atoms with Crippen LogP contribution in [0, 0.1) is 10.1 Å². The van der Waals surface area contributed by atoms with E-state index in [2.05, 4.69) is 10.3 Å². The predicted molar refractivity (Wildman–Crippen MR) is 70.2 cm³/mol. The summed E-state index contributed by atoms with van der Waals surface area (Å²) in [5, 5.41) is 22.7. The maximum Gasteiger partial charge on any atom is 0.310 e. The lowest BCUT2D eigenvalue weighted by atomic mass is 10.1. The molecule has 0 atom stereocenters. The molecular weight excluding hydrogens is 262 g/mol. The Bertz CT molecular complexity index is 643. The SMILES string of the molecule is O=C(NCc1ccncc1)c1ccc([N+](=O)[O-])c(O)c1. The number of nitrogens with one attached hydrogen (secondary N) is 1. The van der Waals surface area contributed by atoms with E-state index in [1.807, 2.05) is 0 Å². The molecule has 2 aromatic rings. The van der Waals surface area contributed by atoms with Gasteiger partial charge >= 0.3 is 5.69 Å². The van der Waals surface area contributed by atoms with Gasteiger partial charge < -0.3 is 10.4 Å². The number of hydrogen-bond donors (Lipinski definition) is 2. The average molecular weight is 273 g/mol. The third kappa shape index (κ3) is 3.08. The van der Waals surface area contributed by atoms with E-state index >= 15 is 0 Å². The van der Waals surface area contributed by atoms with E-state index in [0.717, 1.165) is 17.7 Å². The summed E-state index contributed by atoms with van der Waals surface area (Å²) in [7, 11) is 0. The molecule has 0 saturated heterocycles. The van der Waals surface area contributed by atoms with Crippen LogP contribution in [-0.2, 0) is 6.54 Å². The first-order chi connectivity index (χ1) is 9.58. The fraction of sp³-hybridized carbons (Fsp3) is 0.0769. The van der Waals surface area contributed by atoms with E-state index in [9.17, 15) is 20.0 Å². The summed E-state index contributed by atoms with van der Waals surface area (Å²) >= 11 is 0. The van der Waals surface area contributed by atoms with Gasteiger partial charge in [0.1, 0.15) is 0 Å². The van der Waals surface area contributed by atoms with Crippen LogP contribution in [-0.4, -0.2) is 20.9 Å². The van der Waals surface area contributed by atoms with Gasteiger partial charge in [-0.05, 0) is 29.8 Å². The van der Waals surface area contributed by atoms with Crippen LogP contribution in [0.4, 0.5) is 5.69 Å². The molecule has 102 valence electrons. The van der Waals surface area contributed by atoms with Crippen molar-refractivity contribution in [2.24, 2.45) is 0 Å². The summed E-state index contributed by atoms with van der Waals surface area (Å²) in [6.45, 7) is 0.305. The van der Waals surface area contributed by atoms with E-state index < -0.39 is 22.3 Å². The minimum Gasteiger partial charge on any atom is -0.502 e. The Morgan fingerprint density at radius 1 is 1.30 bits per heavy atom. The Morgan fingerprint density at radius 2 is 2.00 bits per heavy atom. The van der Waals surface area contributed by atoms with Gasteiger partial charge in [-0.25, -0.2) is 0 Å². The van der Waals surface area contributed by atoms with Crippen molar-refractivity contribution in [3.63, 3.8) is 0 Å². The monoisotopic (exact) mass is 273 g/mol. The molecule has 1 amide bonds. The second-order valence-corrected chi connectivity index (χ2v) is 4.00. The first kappa shape index (κ1) is 13.5. The number of pyridine rings is 1. The average Bonchev–Trinajstić information content (AvgIpc) is 2.45. The van der Waals surface area contributed by atoms with Crippen LogP contribution in [0.3, 0.4) is 0 Å². The Labute approximate surface area is 114 Å². The minimum absolute atomic E-state index is 0.155. The summed E-state index contributed by atoms with van der Waals surface area (Å²) in [5.74, 6) is -0.960. The maximum absolute atomic E-state index is 11.8. The molecular formula is C13H11N3O4. The van der Waals surface area contributed by atoms with E-state index in [0.29, 0.717) is 6.54 Å². The van der Waals surface area contributed by atoms with Crippen molar-refractivity contribution in [3.05, 3.63) is 64.0 Å². The zero-order chi connectivity index (χ0) is 14.5. The minimum atomic E-state index is -0.714. The summed E-state index contributed by atoms with van der Waals surface area (Å²) in [4.78, 5) is 25.5. The molecule has 7 nitrogen and oxygen atoms in total.